The lowest BCUT2D eigenvalue weighted by Gasteiger charge is -2.17. The summed E-state index contributed by atoms with van der Waals surface area (Å²) in [6.07, 6.45) is 1.50. The maximum absolute atomic E-state index is 12.3. The molecule has 0 unspecified atom stereocenters. The van der Waals surface area contributed by atoms with E-state index in [0.717, 1.165) is 0 Å². The van der Waals surface area contributed by atoms with E-state index in [4.69, 9.17) is 9.47 Å². The first-order valence-electron chi connectivity index (χ1n) is 7.43. The van der Waals surface area contributed by atoms with E-state index in [1.54, 1.807) is 17.0 Å². The van der Waals surface area contributed by atoms with Crippen molar-refractivity contribution >= 4 is 23.2 Å². The average Bonchev–Trinajstić information content (AvgIpc) is 2.57. The Hall–Kier alpha value is -3.03. The molecule has 0 saturated heterocycles. The molecule has 128 valence electrons. The zero-order chi connectivity index (χ0) is 17.5. The molecule has 0 fully saturated rings. The summed E-state index contributed by atoms with van der Waals surface area (Å²) in [5.74, 6) is 1.14. The van der Waals surface area contributed by atoms with Crippen molar-refractivity contribution in [2.75, 3.05) is 43.3 Å². The van der Waals surface area contributed by atoms with E-state index in [-0.39, 0.29) is 6.01 Å². The van der Waals surface area contributed by atoms with Crippen LogP contribution < -0.4 is 25.0 Å². The third-order valence-electron chi connectivity index (χ3n) is 3.04. The third-order valence-corrected chi connectivity index (χ3v) is 3.04. The predicted molar refractivity (Wildman–Crippen MR) is 93.2 cm³/mol. The van der Waals surface area contributed by atoms with Crippen molar-refractivity contribution in [2.45, 2.75) is 6.92 Å². The van der Waals surface area contributed by atoms with Crippen LogP contribution in [0.2, 0.25) is 0 Å². The minimum Gasteiger partial charge on any atom is -0.492 e. The van der Waals surface area contributed by atoms with Gasteiger partial charge in [-0.25, -0.2) is 9.78 Å². The van der Waals surface area contributed by atoms with Crippen LogP contribution in [0.15, 0.2) is 30.5 Å². The second-order valence-electron chi connectivity index (χ2n) is 5.00. The van der Waals surface area contributed by atoms with Gasteiger partial charge < -0.3 is 25.0 Å². The van der Waals surface area contributed by atoms with E-state index in [1.165, 1.54) is 13.3 Å². The summed E-state index contributed by atoms with van der Waals surface area (Å²) in [5.41, 5.74) is 1.05. The number of hydrogen-bond acceptors (Lipinski definition) is 6. The molecular formula is C16H21N5O3. The minimum atomic E-state index is -0.418. The lowest BCUT2D eigenvalue weighted by molar-refractivity contribution is 0.262. The Bertz CT molecular complexity index is 706. The molecule has 0 atom stereocenters. The fourth-order valence-corrected chi connectivity index (χ4v) is 2.01. The van der Waals surface area contributed by atoms with Crippen molar-refractivity contribution in [1.29, 1.82) is 0 Å². The Morgan fingerprint density at radius 2 is 1.92 bits per heavy atom. The van der Waals surface area contributed by atoms with Crippen LogP contribution in [0.3, 0.4) is 0 Å². The second kappa shape index (κ2) is 8.00. The summed E-state index contributed by atoms with van der Waals surface area (Å²) in [7, 11) is 5.11. The highest BCUT2D eigenvalue weighted by Crippen LogP contribution is 2.25. The van der Waals surface area contributed by atoms with Crippen molar-refractivity contribution < 1.29 is 14.3 Å². The Morgan fingerprint density at radius 3 is 2.58 bits per heavy atom. The van der Waals surface area contributed by atoms with E-state index < -0.39 is 6.03 Å². The van der Waals surface area contributed by atoms with Crippen molar-refractivity contribution in [2.24, 2.45) is 0 Å². The van der Waals surface area contributed by atoms with Gasteiger partial charge >= 0.3 is 12.0 Å². The smallest absolute Gasteiger partial charge is 0.323 e. The highest BCUT2D eigenvalue weighted by Gasteiger charge is 2.13. The van der Waals surface area contributed by atoms with Crippen LogP contribution in [0.25, 0.3) is 0 Å². The van der Waals surface area contributed by atoms with Crippen LogP contribution in [0.1, 0.15) is 6.92 Å². The Kier molecular flexibility index (Phi) is 5.78. The Balaban J connectivity index is 2.16. The lowest BCUT2D eigenvalue weighted by atomic mass is 10.3. The fraction of sp³-hybridized carbons (Fsp3) is 0.312. The number of benzene rings is 1. The monoisotopic (exact) mass is 331 g/mol. The van der Waals surface area contributed by atoms with Gasteiger partial charge in [0.05, 0.1) is 25.6 Å². The molecule has 1 aromatic heterocycles. The summed E-state index contributed by atoms with van der Waals surface area (Å²) in [6, 6.07) is 7.03. The van der Waals surface area contributed by atoms with Crippen LogP contribution in [-0.2, 0) is 0 Å². The number of urea groups is 1. The maximum Gasteiger partial charge on any atom is 0.323 e. The van der Waals surface area contributed by atoms with E-state index in [0.29, 0.717) is 29.5 Å². The molecular weight excluding hydrogens is 310 g/mol. The zero-order valence-corrected chi connectivity index (χ0v) is 14.2. The number of ether oxygens (including phenoxy) is 2. The molecule has 8 heteroatoms. The SMILES string of the molecule is CCOc1ccccc1NC(=O)Nc1cnc(OC)nc1N(C)C. The molecule has 0 aliphatic carbocycles. The minimum absolute atomic E-state index is 0.228. The maximum atomic E-state index is 12.3. The van der Waals surface area contributed by atoms with Crippen molar-refractivity contribution in [3.63, 3.8) is 0 Å². The molecule has 0 aliphatic rings. The number of anilines is 3. The van der Waals surface area contributed by atoms with Gasteiger partial charge in [-0.1, -0.05) is 12.1 Å². The fourth-order valence-electron chi connectivity index (χ4n) is 2.01. The van der Waals surface area contributed by atoms with E-state index in [2.05, 4.69) is 20.6 Å². The average molecular weight is 331 g/mol. The molecule has 2 rings (SSSR count). The molecule has 0 saturated carbocycles. The van der Waals surface area contributed by atoms with Gasteiger partial charge in [0.25, 0.3) is 0 Å². The highest BCUT2D eigenvalue weighted by atomic mass is 16.5. The quantitative estimate of drug-likeness (QED) is 0.846. The number of methoxy groups -OCH3 is 1. The number of nitrogens with one attached hydrogen (secondary N) is 2. The van der Waals surface area contributed by atoms with Crippen LogP contribution in [0.4, 0.5) is 22.0 Å². The van der Waals surface area contributed by atoms with Gasteiger partial charge in [-0.15, -0.1) is 0 Å². The first-order chi connectivity index (χ1) is 11.5. The van der Waals surface area contributed by atoms with Gasteiger partial charge in [-0.05, 0) is 19.1 Å². The summed E-state index contributed by atoms with van der Waals surface area (Å²) >= 11 is 0. The number of carbonyl (C=O) groups is 1. The summed E-state index contributed by atoms with van der Waals surface area (Å²) in [6.45, 7) is 2.40. The van der Waals surface area contributed by atoms with Crippen LogP contribution >= 0.6 is 0 Å². The summed E-state index contributed by atoms with van der Waals surface area (Å²) in [5, 5.41) is 5.49. The Labute approximate surface area is 140 Å². The summed E-state index contributed by atoms with van der Waals surface area (Å²) < 4.78 is 10.5. The standard InChI is InChI=1S/C16H21N5O3/c1-5-24-13-9-7-6-8-11(13)18-15(22)19-12-10-17-16(23-4)20-14(12)21(2)3/h6-10H,5H2,1-4H3,(H2,18,19,22). The van der Waals surface area contributed by atoms with Crippen LogP contribution in [0, 0.1) is 0 Å². The highest BCUT2D eigenvalue weighted by molar-refractivity contribution is 6.02. The molecule has 8 nitrogen and oxygen atoms in total. The molecule has 0 spiro atoms. The number of para-hydroxylation sites is 2. The van der Waals surface area contributed by atoms with E-state index >= 15 is 0 Å². The molecule has 2 N–H and O–H groups in total. The third kappa shape index (κ3) is 4.25. The topological polar surface area (TPSA) is 88.6 Å². The van der Waals surface area contributed by atoms with Gasteiger partial charge in [-0.2, -0.15) is 4.98 Å². The molecule has 2 aromatic rings. The first kappa shape index (κ1) is 17.3. The van der Waals surface area contributed by atoms with E-state index in [1.807, 2.05) is 33.2 Å². The molecule has 0 bridgehead atoms. The van der Waals surface area contributed by atoms with Crippen LogP contribution in [0.5, 0.6) is 11.8 Å². The molecule has 1 heterocycles. The number of rotatable bonds is 6. The predicted octanol–water partition coefficient (Wildman–Crippen LogP) is 2.59. The van der Waals surface area contributed by atoms with Crippen molar-refractivity contribution in [3.05, 3.63) is 30.5 Å². The molecule has 0 aliphatic heterocycles. The van der Waals surface area contributed by atoms with Crippen molar-refractivity contribution in [3.8, 4) is 11.8 Å². The number of carbonyl (C=O) groups excluding carboxylic acids is 1. The van der Waals surface area contributed by atoms with Crippen LogP contribution in [-0.4, -0.2) is 43.8 Å². The normalized spacial score (nSPS) is 10.0. The largest absolute Gasteiger partial charge is 0.492 e. The first-order valence-corrected chi connectivity index (χ1v) is 7.43. The van der Waals surface area contributed by atoms with E-state index in [9.17, 15) is 4.79 Å². The van der Waals surface area contributed by atoms with Crippen molar-refractivity contribution in [1.82, 2.24) is 9.97 Å². The number of hydrogen-bond donors (Lipinski definition) is 2. The molecule has 24 heavy (non-hydrogen) atoms. The Morgan fingerprint density at radius 1 is 1.21 bits per heavy atom. The van der Waals surface area contributed by atoms with Gasteiger partial charge in [0.15, 0.2) is 5.82 Å². The molecule has 2 amide bonds. The second-order valence-corrected chi connectivity index (χ2v) is 5.00. The summed E-state index contributed by atoms with van der Waals surface area (Å²) in [4.78, 5) is 22.3. The number of amides is 2. The number of nitrogens with zero attached hydrogens (tertiary/aromatic N) is 3. The van der Waals surface area contributed by atoms with Gasteiger partial charge in [-0.3, -0.25) is 0 Å². The number of aromatic nitrogens is 2. The molecule has 0 radical (unpaired) electrons. The lowest BCUT2D eigenvalue weighted by Crippen LogP contribution is -2.23. The zero-order valence-electron chi connectivity index (χ0n) is 14.2. The molecule has 1 aromatic carbocycles. The van der Waals surface area contributed by atoms with Gasteiger partial charge in [0, 0.05) is 14.1 Å². The van der Waals surface area contributed by atoms with Gasteiger partial charge in [0.2, 0.25) is 0 Å². The van der Waals surface area contributed by atoms with Gasteiger partial charge in [0.1, 0.15) is 11.4 Å².